The molecule has 0 radical (unpaired) electrons. The van der Waals surface area contributed by atoms with Crippen molar-refractivity contribution in [2.75, 3.05) is 19.0 Å². The maximum Gasteiger partial charge on any atom is 0.271 e. The summed E-state index contributed by atoms with van der Waals surface area (Å²) in [4.78, 5) is 27.7. The number of nitrogens with one attached hydrogen (secondary N) is 1. The SMILES string of the molecule is Cc1c(/C=N/NC(=O)c2cccc(N(C)C)c2)c2ccccn2c1C(=O)c1ccc(F)cc1. The molecule has 166 valence electrons. The number of anilines is 1. The fraction of sp³-hybridized carbons (Fsp3) is 0.115. The van der Waals surface area contributed by atoms with Crippen molar-refractivity contribution in [2.45, 2.75) is 6.92 Å². The molecule has 0 aliphatic rings. The molecule has 0 aliphatic heterocycles. The van der Waals surface area contributed by atoms with E-state index in [1.54, 1.807) is 28.9 Å². The summed E-state index contributed by atoms with van der Waals surface area (Å²) in [5.41, 5.74) is 7.00. The highest BCUT2D eigenvalue weighted by atomic mass is 19.1. The second-order valence-corrected chi connectivity index (χ2v) is 7.82. The summed E-state index contributed by atoms with van der Waals surface area (Å²) in [7, 11) is 3.81. The molecule has 0 unspecified atom stereocenters. The Kier molecular flexibility index (Phi) is 6.04. The zero-order chi connectivity index (χ0) is 23.5. The van der Waals surface area contributed by atoms with Gasteiger partial charge in [0.05, 0.1) is 17.4 Å². The van der Waals surface area contributed by atoms with Crippen LogP contribution in [0.2, 0.25) is 0 Å². The third-order valence-electron chi connectivity index (χ3n) is 5.44. The van der Waals surface area contributed by atoms with Gasteiger partial charge in [-0.3, -0.25) is 9.59 Å². The van der Waals surface area contributed by atoms with Crippen LogP contribution in [0.25, 0.3) is 5.52 Å². The average molecular weight is 442 g/mol. The molecule has 0 fully saturated rings. The summed E-state index contributed by atoms with van der Waals surface area (Å²) >= 11 is 0. The van der Waals surface area contributed by atoms with E-state index in [1.807, 2.05) is 56.3 Å². The zero-order valence-corrected chi connectivity index (χ0v) is 18.5. The fourth-order valence-electron chi connectivity index (χ4n) is 3.68. The van der Waals surface area contributed by atoms with Crippen LogP contribution in [0.3, 0.4) is 0 Å². The Morgan fingerprint density at radius 1 is 1.00 bits per heavy atom. The minimum absolute atomic E-state index is 0.224. The first-order chi connectivity index (χ1) is 15.9. The molecule has 2 aromatic carbocycles. The van der Waals surface area contributed by atoms with E-state index in [4.69, 9.17) is 0 Å². The Balaban J connectivity index is 1.65. The van der Waals surface area contributed by atoms with Crippen molar-refractivity contribution in [1.29, 1.82) is 0 Å². The van der Waals surface area contributed by atoms with Crippen LogP contribution in [0.4, 0.5) is 10.1 Å². The number of rotatable bonds is 6. The minimum atomic E-state index is -0.400. The van der Waals surface area contributed by atoms with Crippen molar-refractivity contribution in [3.05, 3.63) is 107 Å². The molecule has 0 spiro atoms. The number of pyridine rings is 1. The number of hydrogen-bond donors (Lipinski definition) is 1. The number of benzene rings is 2. The minimum Gasteiger partial charge on any atom is -0.378 e. The molecule has 1 amide bonds. The van der Waals surface area contributed by atoms with Gasteiger partial charge in [0.1, 0.15) is 5.82 Å². The topological polar surface area (TPSA) is 66.2 Å². The third-order valence-corrected chi connectivity index (χ3v) is 5.44. The Labute approximate surface area is 191 Å². The van der Waals surface area contributed by atoms with Gasteiger partial charge >= 0.3 is 0 Å². The highest BCUT2D eigenvalue weighted by Gasteiger charge is 2.21. The number of hydrazone groups is 1. The molecule has 0 saturated carbocycles. The number of amides is 1. The van der Waals surface area contributed by atoms with Gasteiger partial charge in [-0.15, -0.1) is 0 Å². The van der Waals surface area contributed by atoms with E-state index in [2.05, 4.69) is 10.5 Å². The Bertz CT molecular complexity index is 1370. The lowest BCUT2D eigenvalue weighted by Crippen LogP contribution is -2.18. The lowest BCUT2D eigenvalue weighted by atomic mass is 10.0. The Morgan fingerprint density at radius 2 is 1.76 bits per heavy atom. The lowest BCUT2D eigenvalue weighted by molar-refractivity contribution is 0.0954. The van der Waals surface area contributed by atoms with E-state index in [-0.39, 0.29) is 11.7 Å². The molecule has 1 N–H and O–H groups in total. The molecule has 7 heteroatoms. The smallest absolute Gasteiger partial charge is 0.271 e. The van der Waals surface area contributed by atoms with Gasteiger partial charge in [0.15, 0.2) is 0 Å². The van der Waals surface area contributed by atoms with Crippen molar-refractivity contribution in [3.63, 3.8) is 0 Å². The Hall–Kier alpha value is -4.26. The van der Waals surface area contributed by atoms with Crippen molar-refractivity contribution in [3.8, 4) is 0 Å². The first-order valence-electron chi connectivity index (χ1n) is 10.4. The Morgan fingerprint density at radius 3 is 2.48 bits per heavy atom. The van der Waals surface area contributed by atoms with Crippen LogP contribution < -0.4 is 10.3 Å². The van der Waals surface area contributed by atoms with Gasteiger partial charge in [-0.05, 0) is 67.1 Å². The summed E-state index contributed by atoms with van der Waals surface area (Å²) in [6.07, 6.45) is 3.33. The van der Waals surface area contributed by atoms with E-state index < -0.39 is 5.82 Å². The molecular weight excluding hydrogens is 419 g/mol. The molecular formula is C26H23FN4O2. The second kappa shape index (κ2) is 9.08. The summed E-state index contributed by atoms with van der Waals surface area (Å²) in [6, 6.07) is 18.3. The van der Waals surface area contributed by atoms with Crippen LogP contribution in [-0.2, 0) is 0 Å². The molecule has 0 bridgehead atoms. The molecule has 0 saturated heterocycles. The van der Waals surface area contributed by atoms with Crippen molar-refractivity contribution in [2.24, 2.45) is 5.10 Å². The van der Waals surface area contributed by atoms with E-state index in [9.17, 15) is 14.0 Å². The molecule has 33 heavy (non-hydrogen) atoms. The summed E-state index contributed by atoms with van der Waals surface area (Å²) < 4.78 is 15.1. The normalized spacial score (nSPS) is 11.2. The van der Waals surface area contributed by atoms with Crippen LogP contribution in [-0.4, -0.2) is 36.4 Å². The van der Waals surface area contributed by atoms with E-state index >= 15 is 0 Å². The van der Waals surface area contributed by atoms with Gasteiger partial charge in [-0.1, -0.05) is 12.1 Å². The van der Waals surface area contributed by atoms with Gasteiger partial charge in [0.25, 0.3) is 5.91 Å². The van der Waals surface area contributed by atoms with Crippen molar-refractivity contribution >= 4 is 29.1 Å². The lowest BCUT2D eigenvalue weighted by Gasteiger charge is -2.12. The number of aromatic nitrogens is 1. The van der Waals surface area contributed by atoms with Gasteiger partial charge < -0.3 is 9.30 Å². The molecule has 6 nitrogen and oxygen atoms in total. The van der Waals surface area contributed by atoms with Crippen molar-refractivity contribution < 1.29 is 14.0 Å². The summed E-state index contributed by atoms with van der Waals surface area (Å²) in [6.45, 7) is 1.83. The highest BCUT2D eigenvalue weighted by molar-refractivity contribution is 6.12. The van der Waals surface area contributed by atoms with Gasteiger partial charge in [0, 0.05) is 42.7 Å². The summed E-state index contributed by atoms with van der Waals surface area (Å²) in [5.74, 6) is -0.959. The van der Waals surface area contributed by atoms with Gasteiger partial charge in [-0.25, -0.2) is 9.82 Å². The van der Waals surface area contributed by atoms with E-state index in [1.165, 1.54) is 24.3 Å². The molecule has 2 aromatic heterocycles. The van der Waals surface area contributed by atoms with Crippen LogP contribution in [0.1, 0.15) is 37.5 Å². The number of halogens is 1. The summed E-state index contributed by atoms with van der Waals surface area (Å²) in [5, 5.41) is 4.15. The number of carbonyl (C=O) groups is 2. The number of nitrogens with zero attached hydrogens (tertiary/aromatic N) is 3. The maximum atomic E-state index is 13.3. The van der Waals surface area contributed by atoms with Crippen molar-refractivity contribution in [1.82, 2.24) is 9.83 Å². The third kappa shape index (κ3) is 4.39. The quantitative estimate of drug-likeness (QED) is 0.273. The number of fused-ring (bicyclic) bond motifs is 1. The monoisotopic (exact) mass is 442 g/mol. The average Bonchev–Trinajstić information content (AvgIpc) is 3.10. The molecule has 4 aromatic rings. The number of carbonyl (C=O) groups excluding carboxylic acids is 2. The first-order valence-corrected chi connectivity index (χ1v) is 10.4. The second-order valence-electron chi connectivity index (χ2n) is 7.82. The maximum absolute atomic E-state index is 13.3. The first kappa shape index (κ1) is 22.0. The molecule has 2 heterocycles. The van der Waals surface area contributed by atoms with Crippen LogP contribution in [0, 0.1) is 12.7 Å². The molecule has 4 rings (SSSR count). The number of hydrogen-bond acceptors (Lipinski definition) is 4. The van der Waals surface area contributed by atoms with Gasteiger partial charge in [0.2, 0.25) is 5.78 Å². The van der Waals surface area contributed by atoms with E-state index in [0.717, 1.165) is 11.2 Å². The zero-order valence-electron chi connectivity index (χ0n) is 18.5. The fourth-order valence-corrected chi connectivity index (χ4v) is 3.68. The molecule has 0 atom stereocenters. The van der Waals surface area contributed by atoms with Crippen LogP contribution in [0.5, 0.6) is 0 Å². The van der Waals surface area contributed by atoms with Crippen LogP contribution >= 0.6 is 0 Å². The highest BCUT2D eigenvalue weighted by Crippen LogP contribution is 2.24. The largest absolute Gasteiger partial charge is 0.378 e. The van der Waals surface area contributed by atoms with E-state index in [0.29, 0.717) is 27.9 Å². The standard InChI is InChI=1S/C26H23FN4O2/c1-17-22(16-28-29-26(33)19-7-6-8-21(15-19)30(2)3)23-9-4-5-14-31(23)24(17)25(32)18-10-12-20(27)13-11-18/h4-16H,1-3H3,(H,29,33)/b28-16+. The number of ketones is 1. The van der Waals surface area contributed by atoms with Crippen LogP contribution in [0.15, 0.2) is 78.0 Å². The predicted octanol–water partition coefficient (Wildman–Crippen LogP) is 4.45. The molecule has 0 aliphatic carbocycles. The van der Waals surface area contributed by atoms with Gasteiger partial charge in [-0.2, -0.15) is 5.10 Å². The predicted molar refractivity (Wildman–Crippen MR) is 128 cm³/mol.